The maximum atomic E-state index is 8.48. The quantitative estimate of drug-likeness (QED) is 0.543. The zero-order valence-corrected chi connectivity index (χ0v) is 14.8. The van der Waals surface area contributed by atoms with E-state index >= 15 is 0 Å². The fourth-order valence-corrected chi connectivity index (χ4v) is 3.63. The molecule has 23 heavy (non-hydrogen) atoms. The highest BCUT2D eigenvalue weighted by Crippen LogP contribution is 2.22. The van der Waals surface area contributed by atoms with Gasteiger partial charge in [0.25, 0.3) is 0 Å². The van der Waals surface area contributed by atoms with Crippen molar-refractivity contribution in [3.63, 3.8) is 0 Å². The number of aliphatic hydroxyl groups is 3. The van der Waals surface area contributed by atoms with Crippen molar-refractivity contribution >= 4 is 0 Å². The van der Waals surface area contributed by atoms with Gasteiger partial charge in [0.15, 0.2) is 0 Å². The molecular formula is C18H38N2O3. The van der Waals surface area contributed by atoms with E-state index in [1.807, 2.05) is 0 Å². The number of hydrogen-bond donors (Lipinski definition) is 4. The number of rotatable bonds is 8. The highest BCUT2D eigenvalue weighted by atomic mass is 16.3. The van der Waals surface area contributed by atoms with Gasteiger partial charge in [-0.25, -0.2) is 0 Å². The molecule has 0 saturated heterocycles. The van der Waals surface area contributed by atoms with Gasteiger partial charge in [0.2, 0.25) is 0 Å². The van der Waals surface area contributed by atoms with Crippen molar-refractivity contribution in [1.29, 1.82) is 0 Å². The van der Waals surface area contributed by atoms with Crippen LogP contribution >= 0.6 is 0 Å². The molecule has 0 atom stereocenters. The largest absolute Gasteiger partial charge is 0.395 e. The van der Waals surface area contributed by atoms with E-state index in [0.29, 0.717) is 19.6 Å². The Morgan fingerprint density at radius 1 is 0.609 bits per heavy atom. The Balaban J connectivity index is 0.000000241. The van der Waals surface area contributed by atoms with Crippen LogP contribution in [0.4, 0.5) is 0 Å². The first-order valence-electron chi connectivity index (χ1n) is 9.61. The van der Waals surface area contributed by atoms with Crippen molar-refractivity contribution in [3.8, 4) is 0 Å². The maximum absolute atomic E-state index is 8.48. The molecule has 2 aliphatic rings. The number of nitrogens with one attached hydrogen (secondary N) is 1. The van der Waals surface area contributed by atoms with Crippen molar-refractivity contribution in [2.24, 2.45) is 0 Å². The van der Waals surface area contributed by atoms with E-state index in [9.17, 15) is 0 Å². The molecule has 0 amide bonds. The molecular weight excluding hydrogens is 292 g/mol. The van der Waals surface area contributed by atoms with Crippen LogP contribution in [0.25, 0.3) is 0 Å². The lowest BCUT2D eigenvalue weighted by Crippen LogP contribution is -2.40. The molecule has 0 heterocycles. The molecule has 2 saturated carbocycles. The van der Waals surface area contributed by atoms with Gasteiger partial charge in [-0.2, -0.15) is 0 Å². The lowest BCUT2D eigenvalue weighted by Gasteiger charge is -2.30. The zero-order chi connectivity index (χ0) is 16.8. The van der Waals surface area contributed by atoms with Crippen molar-refractivity contribution < 1.29 is 15.3 Å². The third-order valence-electron chi connectivity index (χ3n) is 4.93. The van der Waals surface area contributed by atoms with E-state index in [-0.39, 0.29) is 19.8 Å². The Kier molecular flexibility index (Phi) is 12.8. The Morgan fingerprint density at radius 2 is 0.957 bits per heavy atom. The highest BCUT2D eigenvalue weighted by Gasteiger charge is 2.19. The second kappa shape index (κ2) is 14.2. The Hall–Kier alpha value is -0.200. The minimum atomic E-state index is 0.0694. The topological polar surface area (TPSA) is 76.0 Å². The summed E-state index contributed by atoms with van der Waals surface area (Å²) in [6, 6.07) is 1.74. The number of aliphatic hydroxyl groups excluding tert-OH is 3. The molecule has 2 fully saturated rings. The molecule has 5 nitrogen and oxygen atoms in total. The number of nitrogens with zero attached hydrogens (tertiary/aromatic N) is 1. The van der Waals surface area contributed by atoms with E-state index in [2.05, 4.69) is 5.32 Å². The van der Waals surface area contributed by atoms with Gasteiger partial charge in [-0.1, -0.05) is 38.5 Å². The van der Waals surface area contributed by atoms with Crippen LogP contribution in [0.1, 0.15) is 64.2 Å². The Bertz CT molecular complexity index is 224. The molecule has 138 valence electrons. The molecule has 5 heteroatoms. The van der Waals surface area contributed by atoms with Gasteiger partial charge in [0, 0.05) is 31.7 Å². The molecule has 0 unspecified atom stereocenters. The molecule has 4 N–H and O–H groups in total. The van der Waals surface area contributed by atoms with Crippen LogP contribution in [-0.4, -0.2) is 71.8 Å². The summed E-state index contributed by atoms with van der Waals surface area (Å²) in [7, 11) is 0. The third kappa shape index (κ3) is 10.3. The third-order valence-corrected chi connectivity index (χ3v) is 4.93. The van der Waals surface area contributed by atoms with Crippen LogP contribution < -0.4 is 5.32 Å². The fraction of sp³-hybridized carbons (Fsp3) is 1.00. The number of hydrogen-bond acceptors (Lipinski definition) is 5. The molecule has 0 bridgehead atoms. The van der Waals surface area contributed by atoms with Crippen molar-refractivity contribution in [1.82, 2.24) is 10.2 Å². The van der Waals surface area contributed by atoms with Gasteiger partial charge in [-0.3, -0.25) is 4.90 Å². The smallest absolute Gasteiger partial charge is 0.0558 e. The fourth-order valence-electron chi connectivity index (χ4n) is 3.63. The van der Waals surface area contributed by atoms with E-state index in [4.69, 9.17) is 15.3 Å². The van der Waals surface area contributed by atoms with Gasteiger partial charge >= 0.3 is 0 Å². The van der Waals surface area contributed by atoms with Crippen LogP contribution in [-0.2, 0) is 0 Å². The lowest BCUT2D eigenvalue weighted by molar-refractivity contribution is 0.136. The molecule has 0 radical (unpaired) electrons. The summed E-state index contributed by atoms with van der Waals surface area (Å²) >= 11 is 0. The second-order valence-electron chi connectivity index (χ2n) is 6.85. The van der Waals surface area contributed by atoms with Crippen LogP contribution in [0.5, 0.6) is 0 Å². The van der Waals surface area contributed by atoms with Gasteiger partial charge in [-0.05, 0) is 25.7 Å². The van der Waals surface area contributed by atoms with E-state index < -0.39 is 0 Å². The standard InChI is InChI=1S/C12H23N.C6H15NO3/c1-3-7-11(8-4-1)13-12-9-5-2-6-10-12;8-4-1-7(2-5-9)3-6-10/h11-13H,1-10H2;8-10H,1-6H2. The van der Waals surface area contributed by atoms with Crippen molar-refractivity contribution in [2.45, 2.75) is 76.3 Å². The van der Waals surface area contributed by atoms with Gasteiger partial charge in [0.1, 0.15) is 0 Å². The van der Waals surface area contributed by atoms with Crippen molar-refractivity contribution in [3.05, 3.63) is 0 Å². The SMILES string of the molecule is C1CCC(NC2CCCCC2)CC1.OCCN(CCO)CCO. The summed E-state index contributed by atoms with van der Waals surface area (Å²) in [5.41, 5.74) is 0. The molecule has 0 aromatic heterocycles. The molecule has 0 aromatic carbocycles. The average molecular weight is 331 g/mol. The van der Waals surface area contributed by atoms with Crippen LogP contribution in [0.15, 0.2) is 0 Å². The molecule has 0 spiro atoms. The first-order valence-corrected chi connectivity index (χ1v) is 9.61. The first kappa shape index (κ1) is 20.8. The molecule has 0 aliphatic heterocycles. The molecule has 0 aromatic rings. The first-order chi connectivity index (χ1) is 11.3. The molecule has 2 rings (SSSR count). The van der Waals surface area contributed by atoms with E-state index in [0.717, 1.165) is 12.1 Å². The Morgan fingerprint density at radius 3 is 1.26 bits per heavy atom. The van der Waals surface area contributed by atoms with Crippen LogP contribution in [0.3, 0.4) is 0 Å². The van der Waals surface area contributed by atoms with Gasteiger partial charge in [-0.15, -0.1) is 0 Å². The summed E-state index contributed by atoms with van der Waals surface area (Å²) in [4.78, 5) is 1.79. The normalized spacial score (nSPS) is 20.3. The minimum Gasteiger partial charge on any atom is -0.395 e. The molecule has 2 aliphatic carbocycles. The predicted octanol–water partition coefficient (Wildman–Crippen LogP) is 1.51. The van der Waals surface area contributed by atoms with Gasteiger partial charge < -0.3 is 20.6 Å². The van der Waals surface area contributed by atoms with Crippen LogP contribution in [0.2, 0.25) is 0 Å². The minimum absolute atomic E-state index is 0.0694. The predicted molar refractivity (Wildman–Crippen MR) is 94.6 cm³/mol. The Labute approximate surface area is 142 Å². The van der Waals surface area contributed by atoms with E-state index in [1.54, 1.807) is 4.90 Å². The maximum Gasteiger partial charge on any atom is 0.0558 e. The average Bonchev–Trinajstić information content (AvgIpc) is 2.58. The monoisotopic (exact) mass is 330 g/mol. The van der Waals surface area contributed by atoms with Crippen molar-refractivity contribution in [2.75, 3.05) is 39.5 Å². The summed E-state index contributed by atoms with van der Waals surface area (Å²) in [6.45, 7) is 1.75. The van der Waals surface area contributed by atoms with E-state index in [1.165, 1.54) is 64.2 Å². The zero-order valence-electron chi connectivity index (χ0n) is 14.8. The summed E-state index contributed by atoms with van der Waals surface area (Å²) in [5.74, 6) is 0. The van der Waals surface area contributed by atoms with Gasteiger partial charge in [0.05, 0.1) is 19.8 Å². The van der Waals surface area contributed by atoms with Crippen LogP contribution in [0, 0.1) is 0 Å². The second-order valence-corrected chi connectivity index (χ2v) is 6.85. The summed E-state index contributed by atoms with van der Waals surface area (Å²) < 4.78 is 0. The summed E-state index contributed by atoms with van der Waals surface area (Å²) in [6.07, 6.45) is 14.6. The lowest BCUT2D eigenvalue weighted by atomic mass is 9.91. The highest BCUT2D eigenvalue weighted by molar-refractivity contribution is 4.79. The summed E-state index contributed by atoms with van der Waals surface area (Å²) in [5, 5.41) is 29.3.